The summed E-state index contributed by atoms with van der Waals surface area (Å²) in [5, 5.41) is 0. The number of benzene rings is 2. The van der Waals surface area contributed by atoms with E-state index in [1.165, 1.54) is 0 Å². The first-order valence-corrected chi connectivity index (χ1v) is 9.97. The molecule has 2 heterocycles. The van der Waals surface area contributed by atoms with Crippen LogP contribution >= 0.6 is 0 Å². The molecule has 1 aliphatic rings. The fraction of sp³-hybridized carbons (Fsp3) is 0.292. The van der Waals surface area contributed by atoms with Gasteiger partial charge in [0.25, 0.3) is 0 Å². The zero-order valence-electron chi connectivity index (χ0n) is 16.6. The second kappa shape index (κ2) is 8.53. The van der Waals surface area contributed by atoms with Gasteiger partial charge in [0.1, 0.15) is 5.75 Å². The number of aryl methyl sites for hydroxylation is 1. The van der Waals surface area contributed by atoms with E-state index in [1.54, 1.807) is 6.20 Å². The van der Waals surface area contributed by atoms with Gasteiger partial charge < -0.3 is 19.9 Å². The minimum absolute atomic E-state index is 0.280. The predicted octanol–water partition coefficient (Wildman–Crippen LogP) is 4.24. The van der Waals surface area contributed by atoms with Gasteiger partial charge in [0.2, 0.25) is 6.79 Å². The van der Waals surface area contributed by atoms with Crippen molar-refractivity contribution in [2.75, 3.05) is 13.4 Å². The van der Waals surface area contributed by atoms with Crippen molar-refractivity contribution in [3.63, 3.8) is 0 Å². The number of para-hydroxylation sites is 1. The zero-order valence-corrected chi connectivity index (χ0v) is 16.6. The Morgan fingerprint density at radius 2 is 1.86 bits per heavy atom. The molecule has 0 saturated carbocycles. The smallest absolute Gasteiger partial charge is 0.231 e. The summed E-state index contributed by atoms with van der Waals surface area (Å²) in [6, 6.07) is 20.1. The van der Waals surface area contributed by atoms with Gasteiger partial charge in [-0.15, -0.1) is 0 Å². The quantitative estimate of drug-likeness (QED) is 0.623. The number of fused-ring (bicyclic) bond motifs is 1. The maximum Gasteiger partial charge on any atom is 0.231 e. The van der Waals surface area contributed by atoms with E-state index in [0.29, 0.717) is 13.0 Å². The van der Waals surface area contributed by atoms with Crippen molar-refractivity contribution in [2.24, 2.45) is 5.73 Å². The standard InChI is InChI=1S/C24H26N2O3/c1-2-27-20-8-4-3-7-19(20)16-24(25,23-9-5-6-14-26-23)13-12-18-10-11-21-22(15-18)29-17-28-21/h3-11,14-15H,2,12-13,16-17,25H2,1H3. The van der Waals surface area contributed by atoms with Crippen molar-refractivity contribution < 1.29 is 14.2 Å². The summed E-state index contributed by atoms with van der Waals surface area (Å²) in [5.74, 6) is 2.47. The molecule has 0 bridgehead atoms. The molecular formula is C24H26N2O3. The molecule has 1 unspecified atom stereocenters. The lowest BCUT2D eigenvalue weighted by atomic mass is 9.82. The van der Waals surface area contributed by atoms with Crippen LogP contribution in [0.15, 0.2) is 66.9 Å². The van der Waals surface area contributed by atoms with Crippen LogP contribution in [0.1, 0.15) is 30.2 Å². The molecule has 0 saturated heterocycles. The van der Waals surface area contributed by atoms with Crippen LogP contribution in [0.2, 0.25) is 0 Å². The minimum Gasteiger partial charge on any atom is -0.494 e. The summed E-state index contributed by atoms with van der Waals surface area (Å²) < 4.78 is 16.7. The molecule has 5 heteroatoms. The molecule has 0 fully saturated rings. The second-order valence-electron chi connectivity index (χ2n) is 7.28. The fourth-order valence-electron chi connectivity index (χ4n) is 3.71. The van der Waals surface area contributed by atoms with Gasteiger partial charge in [-0.3, -0.25) is 4.98 Å². The largest absolute Gasteiger partial charge is 0.494 e. The van der Waals surface area contributed by atoms with E-state index >= 15 is 0 Å². The SMILES string of the molecule is CCOc1ccccc1CC(N)(CCc1ccc2c(c1)OCO2)c1ccccn1. The summed E-state index contributed by atoms with van der Waals surface area (Å²) in [6.07, 6.45) is 3.99. The van der Waals surface area contributed by atoms with Gasteiger partial charge >= 0.3 is 0 Å². The summed E-state index contributed by atoms with van der Waals surface area (Å²) in [6.45, 7) is 2.89. The summed E-state index contributed by atoms with van der Waals surface area (Å²) in [5.41, 5.74) is 9.52. The Morgan fingerprint density at radius 1 is 1.03 bits per heavy atom. The van der Waals surface area contributed by atoms with Crippen molar-refractivity contribution in [1.29, 1.82) is 0 Å². The molecule has 3 aromatic rings. The molecule has 29 heavy (non-hydrogen) atoms. The van der Waals surface area contributed by atoms with Crippen molar-refractivity contribution in [2.45, 2.75) is 31.7 Å². The lowest BCUT2D eigenvalue weighted by Crippen LogP contribution is -2.40. The maximum absolute atomic E-state index is 7.00. The first-order chi connectivity index (χ1) is 14.2. The number of hydrogen-bond acceptors (Lipinski definition) is 5. The number of aromatic nitrogens is 1. The molecule has 0 amide bonds. The van der Waals surface area contributed by atoms with Gasteiger partial charge in [-0.05, 0) is 67.6 Å². The lowest BCUT2D eigenvalue weighted by Gasteiger charge is -2.30. The van der Waals surface area contributed by atoms with E-state index in [-0.39, 0.29) is 6.79 Å². The Hall–Kier alpha value is -3.05. The summed E-state index contributed by atoms with van der Waals surface area (Å²) >= 11 is 0. The van der Waals surface area contributed by atoms with Crippen molar-refractivity contribution in [3.05, 3.63) is 83.7 Å². The molecule has 2 N–H and O–H groups in total. The highest BCUT2D eigenvalue weighted by atomic mass is 16.7. The number of pyridine rings is 1. The van der Waals surface area contributed by atoms with Gasteiger partial charge in [0, 0.05) is 6.20 Å². The highest BCUT2D eigenvalue weighted by Crippen LogP contribution is 2.35. The Balaban J connectivity index is 1.60. The van der Waals surface area contributed by atoms with E-state index in [0.717, 1.165) is 46.9 Å². The predicted molar refractivity (Wildman–Crippen MR) is 112 cm³/mol. The normalized spacial score (nSPS) is 14.4. The molecule has 5 nitrogen and oxygen atoms in total. The summed E-state index contributed by atoms with van der Waals surface area (Å²) in [7, 11) is 0. The van der Waals surface area contributed by atoms with E-state index in [4.69, 9.17) is 19.9 Å². The van der Waals surface area contributed by atoms with Gasteiger partial charge in [0.15, 0.2) is 11.5 Å². The zero-order chi connectivity index (χ0) is 20.1. The van der Waals surface area contributed by atoms with E-state index in [1.807, 2.05) is 55.5 Å². The van der Waals surface area contributed by atoms with Gasteiger partial charge in [-0.2, -0.15) is 0 Å². The third-order valence-corrected chi connectivity index (χ3v) is 5.25. The number of ether oxygens (including phenoxy) is 3. The second-order valence-corrected chi connectivity index (χ2v) is 7.28. The van der Waals surface area contributed by atoms with Crippen LogP contribution in [0.4, 0.5) is 0 Å². The number of rotatable bonds is 8. The van der Waals surface area contributed by atoms with Gasteiger partial charge in [-0.1, -0.05) is 30.3 Å². The molecule has 1 aromatic heterocycles. The van der Waals surface area contributed by atoms with E-state index in [2.05, 4.69) is 17.1 Å². The summed E-state index contributed by atoms with van der Waals surface area (Å²) in [4.78, 5) is 4.58. The van der Waals surface area contributed by atoms with E-state index < -0.39 is 5.54 Å². The lowest BCUT2D eigenvalue weighted by molar-refractivity contribution is 0.174. The number of nitrogens with two attached hydrogens (primary N) is 1. The average molecular weight is 390 g/mol. The molecular weight excluding hydrogens is 364 g/mol. The topological polar surface area (TPSA) is 66.6 Å². The van der Waals surface area contributed by atoms with Crippen molar-refractivity contribution in [1.82, 2.24) is 4.98 Å². The highest BCUT2D eigenvalue weighted by molar-refractivity contribution is 5.44. The van der Waals surface area contributed by atoms with Crippen LogP contribution in [0, 0.1) is 0 Å². The monoisotopic (exact) mass is 390 g/mol. The van der Waals surface area contributed by atoms with Crippen LogP contribution in [-0.2, 0) is 18.4 Å². The maximum atomic E-state index is 7.00. The van der Waals surface area contributed by atoms with Crippen LogP contribution in [0.3, 0.4) is 0 Å². The molecule has 0 spiro atoms. The average Bonchev–Trinajstić information content (AvgIpc) is 3.22. The Morgan fingerprint density at radius 3 is 2.69 bits per heavy atom. The molecule has 150 valence electrons. The van der Waals surface area contributed by atoms with Gasteiger partial charge in [0.05, 0.1) is 17.8 Å². The van der Waals surface area contributed by atoms with Crippen molar-refractivity contribution in [3.8, 4) is 17.2 Å². The third kappa shape index (κ3) is 4.35. The third-order valence-electron chi connectivity index (χ3n) is 5.25. The Labute approximate surface area is 171 Å². The molecule has 2 aromatic carbocycles. The number of hydrogen-bond donors (Lipinski definition) is 1. The molecule has 1 aliphatic heterocycles. The highest BCUT2D eigenvalue weighted by Gasteiger charge is 2.30. The molecule has 1 atom stereocenters. The van der Waals surface area contributed by atoms with E-state index in [9.17, 15) is 0 Å². The van der Waals surface area contributed by atoms with Gasteiger partial charge in [-0.25, -0.2) is 0 Å². The molecule has 4 rings (SSSR count). The van der Waals surface area contributed by atoms with Crippen molar-refractivity contribution >= 4 is 0 Å². The Bertz CT molecular complexity index is 961. The first-order valence-electron chi connectivity index (χ1n) is 9.97. The molecule has 0 radical (unpaired) electrons. The minimum atomic E-state index is -0.620. The van der Waals surface area contributed by atoms with Crippen LogP contribution in [0.25, 0.3) is 0 Å². The first kappa shape index (κ1) is 19.3. The van der Waals surface area contributed by atoms with Crippen LogP contribution < -0.4 is 19.9 Å². The fourth-order valence-corrected chi connectivity index (χ4v) is 3.71. The number of nitrogens with zero attached hydrogens (tertiary/aromatic N) is 1. The Kier molecular flexibility index (Phi) is 5.67. The van der Waals surface area contributed by atoms with Crippen LogP contribution in [-0.4, -0.2) is 18.4 Å². The van der Waals surface area contributed by atoms with Crippen LogP contribution in [0.5, 0.6) is 17.2 Å². The molecule has 0 aliphatic carbocycles.